The number of benzene rings is 3. The molecule has 1 aromatic heterocycles. The molecule has 0 saturated carbocycles. The van der Waals surface area contributed by atoms with Crippen molar-refractivity contribution in [3.8, 4) is 6.07 Å². The SMILES string of the molecule is N#CC(=Cc1cn(Cc2ccc(F)cc2Cl)c2ccccc12)S(=O)(=O)c1ccccc1. The Labute approximate surface area is 184 Å². The fourth-order valence-electron chi connectivity index (χ4n) is 3.39. The smallest absolute Gasteiger partial charge is 0.216 e. The van der Waals surface area contributed by atoms with E-state index in [1.165, 1.54) is 30.3 Å². The van der Waals surface area contributed by atoms with Gasteiger partial charge in [0, 0.05) is 34.2 Å². The van der Waals surface area contributed by atoms with E-state index in [9.17, 15) is 18.1 Å². The van der Waals surface area contributed by atoms with E-state index in [4.69, 9.17) is 11.6 Å². The minimum absolute atomic E-state index is 0.0598. The summed E-state index contributed by atoms with van der Waals surface area (Å²) in [7, 11) is -3.95. The summed E-state index contributed by atoms with van der Waals surface area (Å²) in [6, 6.07) is 21.3. The molecule has 1 heterocycles. The highest BCUT2D eigenvalue weighted by Gasteiger charge is 2.21. The second-order valence-electron chi connectivity index (χ2n) is 6.90. The van der Waals surface area contributed by atoms with Gasteiger partial charge in [0.25, 0.3) is 0 Å². The first-order valence-electron chi connectivity index (χ1n) is 9.34. The van der Waals surface area contributed by atoms with Crippen molar-refractivity contribution in [1.82, 2.24) is 4.57 Å². The summed E-state index contributed by atoms with van der Waals surface area (Å²) < 4.78 is 41.1. The van der Waals surface area contributed by atoms with Crippen molar-refractivity contribution >= 4 is 38.4 Å². The van der Waals surface area contributed by atoms with Crippen LogP contribution in [0.25, 0.3) is 17.0 Å². The first kappa shape index (κ1) is 20.9. The van der Waals surface area contributed by atoms with Crippen LogP contribution >= 0.6 is 11.6 Å². The largest absolute Gasteiger partial charge is 0.342 e. The summed E-state index contributed by atoms with van der Waals surface area (Å²) in [5, 5.41) is 10.7. The second-order valence-corrected chi connectivity index (χ2v) is 9.23. The van der Waals surface area contributed by atoms with Gasteiger partial charge in [0.05, 0.1) is 4.90 Å². The van der Waals surface area contributed by atoms with Crippen LogP contribution in [0.3, 0.4) is 0 Å². The van der Waals surface area contributed by atoms with Crippen LogP contribution < -0.4 is 0 Å². The molecular formula is C24H16ClFN2O2S. The fraction of sp³-hybridized carbons (Fsp3) is 0.0417. The highest BCUT2D eigenvalue weighted by Crippen LogP contribution is 2.28. The zero-order chi connectivity index (χ0) is 22.0. The predicted octanol–water partition coefficient (Wildman–Crippen LogP) is 5.82. The van der Waals surface area contributed by atoms with E-state index in [1.54, 1.807) is 30.5 Å². The Balaban J connectivity index is 1.82. The summed E-state index contributed by atoms with van der Waals surface area (Å²) in [4.78, 5) is -0.286. The molecule has 0 unspecified atom stereocenters. The van der Waals surface area contributed by atoms with Gasteiger partial charge < -0.3 is 4.57 Å². The molecule has 0 aliphatic carbocycles. The average Bonchev–Trinajstić information content (AvgIpc) is 3.12. The lowest BCUT2D eigenvalue weighted by atomic mass is 10.1. The Bertz CT molecular complexity index is 1450. The van der Waals surface area contributed by atoms with E-state index < -0.39 is 15.7 Å². The highest BCUT2D eigenvalue weighted by atomic mass is 35.5. The Kier molecular flexibility index (Phi) is 5.64. The molecule has 7 heteroatoms. The highest BCUT2D eigenvalue weighted by molar-refractivity contribution is 7.95. The number of sulfone groups is 1. The normalized spacial score (nSPS) is 12.1. The van der Waals surface area contributed by atoms with Crippen molar-refractivity contribution in [2.45, 2.75) is 11.4 Å². The van der Waals surface area contributed by atoms with Gasteiger partial charge in [-0.2, -0.15) is 5.26 Å². The van der Waals surface area contributed by atoms with Crippen LogP contribution in [-0.2, 0) is 16.4 Å². The molecule has 0 aliphatic heterocycles. The average molecular weight is 451 g/mol. The minimum Gasteiger partial charge on any atom is -0.342 e. The lowest BCUT2D eigenvalue weighted by Crippen LogP contribution is -2.03. The monoisotopic (exact) mass is 450 g/mol. The number of halogens is 2. The summed E-state index contributed by atoms with van der Waals surface area (Å²) in [6.45, 7) is 0.362. The summed E-state index contributed by atoms with van der Waals surface area (Å²) >= 11 is 6.18. The molecule has 0 atom stereocenters. The van der Waals surface area contributed by atoms with Gasteiger partial charge in [-0.15, -0.1) is 0 Å². The van der Waals surface area contributed by atoms with E-state index in [2.05, 4.69) is 0 Å². The molecule has 0 amide bonds. The summed E-state index contributed by atoms with van der Waals surface area (Å²) in [5.41, 5.74) is 2.14. The molecule has 4 aromatic rings. The van der Waals surface area contributed by atoms with Crippen LogP contribution in [0, 0.1) is 17.1 Å². The molecule has 0 bridgehead atoms. The maximum absolute atomic E-state index is 13.4. The predicted molar refractivity (Wildman–Crippen MR) is 120 cm³/mol. The summed E-state index contributed by atoms with van der Waals surface area (Å²) in [5.74, 6) is -0.417. The maximum Gasteiger partial charge on any atom is 0.216 e. The van der Waals surface area contributed by atoms with Gasteiger partial charge in [0.2, 0.25) is 9.84 Å². The maximum atomic E-state index is 13.4. The number of nitriles is 1. The number of fused-ring (bicyclic) bond motifs is 1. The number of nitrogens with zero attached hydrogens (tertiary/aromatic N) is 2. The molecule has 31 heavy (non-hydrogen) atoms. The first-order chi connectivity index (χ1) is 14.9. The third kappa shape index (κ3) is 4.11. The van der Waals surface area contributed by atoms with Crippen molar-refractivity contribution in [3.05, 3.63) is 106 Å². The molecule has 0 spiro atoms. The van der Waals surface area contributed by atoms with Gasteiger partial charge in [-0.05, 0) is 42.0 Å². The third-order valence-corrected chi connectivity index (χ3v) is 6.95. The molecule has 4 rings (SSSR count). The number of allylic oxidation sites excluding steroid dienone is 1. The first-order valence-corrected chi connectivity index (χ1v) is 11.2. The molecular weight excluding hydrogens is 435 g/mol. The van der Waals surface area contributed by atoms with Crippen molar-refractivity contribution in [1.29, 1.82) is 5.26 Å². The number of hydrogen-bond acceptors (Lipinski definition) is 3. The van der Waals surface area contributed by atoms with E-state index in [0.717, 1.165) is 16.5 Å². The Morgan fingerprint density at radius 1 is 1.06 bits per heavy atom. The van der Waals surface area contributed by atoms with Crippen LogP contribution in [0.5, 0.6) is 0 Å². The second kappa shape index (κ2) is 8.38. The van der Waals surface area contributed by atoms with Gasteiger partial charge in [-0.25, -0.2) is 12.8 Å². The Morgan fingerprint density at radius 3 is 2.48 bits per heavy atom. The van der Waals surface area contributed by atoms with Crippen LogP contribution in [0.4, 0.5) is 4.39 Å². The number of aromatic nitrogens is 1. The summed E-state index contributed by atoms with van der Waals surface area (Å²) in [6.07, 6.45) is 3.15. The third-order valence-electron chi connectivity index (χ3n) is 4.92. The van der Waals surface area contributed by atoms with Gasteiger partial charge in [0.1, 0.15) is 16.8 Å². The van der Waals surface area contributed by atoms with Crippen LogP contribution in [-0.4, -0.2) is 13.0 Å². The van der Waals surface area contributed by atoms with E-state index >= 15 is 0 Å². The number of rotatable bonds is 5. The molecule has 154 valence electrons. The Morgan fingerprint density at radius 2 is 1.77 bits per heavy atom. The van der Waals surface area contributed by atoms with Crippen molar-refractivity contribution < 1.29 is 12.8 Å². The van der Waals surface area contributed by atoms with Gasteiger partial charge in [0.15, 0.2) is 0 Å². The lowest BCUT2D eigenvalue weighted by molar-refractivity contribution is 0.603. The molecule has 4 nitrogen and oxygen atoms in total. The standard InChI is InChI=1S/C24H16ClFN2O2S/c25-23-13-19(26)11-10-17(23)15-28-16-18(22-8-4-5-9-24(22)28)12-21(14-27)31(29,30)20-6-2-1-3-7-20/h1-13,16H,15H2. The Hall–Kier alpha value is -3.40. The molecule has 0 saturated heterocycles. The van der Waals surface area contributed by atoms with Crippen LogP contribution in [0.15, 0.2) is 88.8 Å². The van der Waals surface area contributed by atoms with Crippen molar-refractivity contribution in [2.75, 3.05) is 0 Å². The molecule has 3 aromatic carbocycles. The number of para-hydroxylation sites is 1. The van der Waals surface area contributed by atoms with E-state index in [-0.39, 0.29) is 9.80 Å². The zero-order valence-corrected chi connectivity index (χ0v) is 17.7. The minimum atomic E-state index is -3.95. The zero-order valence-electron chi connectivity index (χ0n) is 16.2. The molecule has 0 N–H and O–H groups in total. The van der Waals surface area contributed by atoms with Crippen LogP contribution in [0.2, 0.25) is 5.02 Å². The lowest BCUT2D eigenvalue weighted by Gasteiger charge is -2.07. The van der Waals surface area contributed by atoms with E-state index in [1.807, 2.05) is 34.9 Å². The fourth-order valence-corrected chi connectivity index (χ4v) is 4.79. The van der Waals surface area contributed by atoms with Crippen molar-refractivity contribution in [2.24, 2.45) is 0 Å². The van der Waals surface area contributed by atoms with E-state index in [0.29, 0.717) is 17.1 Å². The van der Waals surface area contributed by atoms with Gasteiger partial charge in [-0.3, -0.25) is 0 Å². The van der Waals surface area contributed by atoms with Gasteiger partial charge in [-0.1, -0.05) is 54.1 Å². The molecule has 0 radical (unpaired) electrons. The molecule has 0 aliphatic rings. The van der Waals surface area contributed by atoms with Crippen LogP contribution in [0.1, 0.15) is 11.1 Å². The quantitative estimate of drug-likeness (QED) is 0.360. The van der Waals surface area contributed by atoms with Crippen molar-refractivity contribution in [3.63, 3.8) is 0 Å². The number of hydrogen-bond donors (Lipinski definition) is 0. The topological polar surface area (TPSA) is 62.9 Å². The molecule has 0 fully saturated rings. The van der Waals surface area contributed by atoms with Gasteiger partial charge >= 0.3 is 0 Å².